The summed E-state index contributed by atoms with van der Waals surface area (Å²) in [5, 5.41) is -0.413. The highest BCUT2D eigenvalue weighted by molar-refractivity contribution is 7.15. The summed E-state index contributed by atoms with van der Waals surface area (Å²) < 4.78 is 0. The zero-order chi connectivity index (χ0) is 15.2. The monoisotopic (exact) mass is 318 g/mol. The maximum atomic E-state index is 11.1. The number of benzene rings is 2. The summed E-state index contributed by atoms with van der Waals surface area (Å²) in [4.78, 5) is 11.1. The molecule has 0 aliphatic carbocycles. The molecule has 2 rings (SSSR count). The molecule has 0 aliphatic rings. The van der Waals surface area contributed by atoms with Crippen molar-refractivity contribution < 1.29 is 4.79 Å². The Kier molecular flexibility index (Phi) is 5.96. The number of halogens is 1. The highest BCUT2D eigenvalue weighted by Crippen LogP contribution is 2.25. The predicted octanol–water partition coefficient (Wildman–Crippen LogP) is 5.45. The summed E-state index contributed by atoms with van der Waals surface area (Å²) in [6, 6.07) is 14.1. The van der Waals surface area contributed by atoms with E-state index in [0.29, 0.717) is 5.56 Å². The van der Waals surface area contributed by atoms with Gasteiger partial charge in [0.1, 0.15) is 0 Å². The van der Waals surface area contributed by atoms with Crippen molar-refractivity contribution in [2.45, 2.75) is 32.3 Å². The Bertz CT molecular complexity index is 620. The molecule has 0 bridgehead atoms. The molecule has 0 radical (unpaired) electrons. The van der Waals surface area contributed by atoms with Gasteiger partial charge < -0.3 is 0 Å². The van der Waals surface area contributed by atoms with Crippen molar-refractivity contribution in [1.29, 1.82) is 0 Å². The van der Waals surface area contributed by atoms with E-state index >= 15 is 0 Å². The lowest BCUT2D eigenvalue weighted by atomic mass is 9.96. The third-order valence-corrected chi connectivity index (χ3v) is 4.33. The fourth-order valence-corrected chi connectivity index (χ4v) is 2.92. The van der Waals surface area contributed by atoms with Gasteiger partial charge >= 0.3 is 0 Å². The van der Waals surface area contributed by atoms with Crippen LogP contribution in [0, 0.1) is 0 Å². The first-order valence-corrected chi connectivity index (χ1v) is 8.47. The second-order valence-electron chi connectivity index (χ2n) is 5.14. The molecule has 110 valence electrons. The quantitative estimate of drug-likeness (QED) is 0.511. The molecule has 2 aromatic carbocycles. The molecule has 0 fully saturated rings. The van der Waals surface area contributed by atoms with Crippen LogP contribution < -0.4 is 0 Å². The molecule has 0 spiro atoms. The second kappa shape index (κ2) is 7.73. The molecule has 0 heterocycles. The Balaban J connectivity index is 2.32. The Labute approximate surface area is 133 Å². The standard InChI is InChI=1S/C18H20ClOP/c1-2-3-4-15-11-16(9-10-17(15)12-21)13-5-7-14(8-6-13)18(19)20/h5-11H,2-4,12,21H2,1H3. The molecular formula is C18H20ClOP. The van der Waals surface area contributed by atoms with Crippen molar-refractivity contribution >= 4 is 26.1 Å². The number of aryl methyl sites for hydroxylation is 1. The number of unbranched alkanes of at least 4 members (excludes halogenated alkanes) is 1. The van der Waals surface area contributed by atoms with E-state index in [2.05, 4.69) is 34.4 Å². The van der Waals surface area contributed by atoms with Gasteiger partial charge in [0, 0.05) is 5.56 Å². The van der Waals surface area contributed by atoms with Gasteiger partial charge in [0.2, 0.25) is 0 Å². The number of carbonyl (C=O) groups excluding carboxylic acids is 1. The van der Waals surface area contributed by atoms with Gasteiger partial charge in [-0.25, -0.2) is 0 Å². The van der Waals surface area contributed by atoms with Gasteiger partial charge in [-0.1, -0.05) is 43.7 Å². The molecule has 0 aromatic heterocycles. The van der Waals surface area contributed by atoms with E-state index in [0.717, 1.165) is 18.1 Å². The highest BCUT2D eigenvalue weighted by atomic mass is 35.5. The molecule has 0 amide bonds. The van der Waals surface area contributed by atoms with Crippen LogP contribution in [-0.4, -0.2) is 5.24 Å². The fourth-order valence-electron chi connectivity index (χ4n) is 2.40. The smallest absolute Gasteiger partial charge is 0.252 e. The van der Waals surface area contributed by atoms with E-state index in [1.165, 1.54) is 29.5 Å². The van der Waals surface area contributed by atoms with E-state index in [1.807, 2.05) is 12.1 Å². The van der Waals surface area contributed by atoms with Crippen molar-refractivity contribution in [3.05, 3.63) is 59.2 Å². The van der Waals surface area contributed by atoms with Crippen LogP contribution in [0.15, 0.2) is 42.5 Å². The lowest BCUT2D eigenvalue weighted by Crippen LogP contribution is -1.94. The average molecular weight is 319 g/mol. The topological polar surface area (TPSA) is 17.1 Å². The van der Waals surface area contributed by atoms with Crippen LogP contribution in [0.4, 0.5) is 0 Å². The third kappa shape index (κ3) is 4.15. The van der Waals surface area contributed by atoms with Crippen molar-refractivity contribution in [1.82, 2.24) is 0 Å². The van der Waals surface area contributed by atoms with Crippen LogP contribution in [0.5, 0.6) is 0 Å². The van der Waals surface area contributed by atoms with E-state index < -0.39 is 5.24 Å². The van der Waals surface area contributed by atoms with Gasteiger partial charge in [0.05, 0.1) is 0 Å². The van der Waals surface area contributed by atoms with Crippen LogP contribution in [-0.2, 0) is 12.6 Å². The Morgan fingerprint density at radius 1 is 1.05 bits per heavy atom. The van der Waals surface area contributed by atoms with Crippen LogP contribution in [0.25, 0.3) is 11.1 Å². The molecule has 21 heavy (non-hydrogen) atoms. The summed E-state index contributed by atoms with van der Waals surface area (Å²) in [6.45, 7) is 2.21. The van der Waals surface area contributed by atoms with Gasteiger partial charge in [-0.3, -0.25) is 4.79 Å². The molecule has 0 N–H and O–H groups in total. The molecule has 2 aromatic rings. The minimum absolute atomic E-state index is 0.413. The Morgan fingerprint density at radius 2 is 1.71 bits per heavy atom. The summed E-state index contributed by atoms with van der Waals surface area (Å²) in [7, 11) is 2.80. The van der Waals surface area contributed by atoms with Gasteiger partial charge in [0.25, 0.3) is 5.24 Å². The Hall–Kier alpha value is -1.17. The van der Waals surface area contributed by atoms with E-state index in [4.69, 9.17) is 11.6 Å². The maximum absolute atomic E-state index is 11.1. The Morgan fingerprint density at radius 3 is 2.29 bits per heavy atom. The molecule has 0 saturated carbocycles. The number of hydrogen-bond donors (Lipinski definition) is 0. The zero-order valence-corrected chi connectivity index (χ0v) is 14.1. The zero-order valence-electron chi connectivity index (χ0n) is 12.2. The molecule has 1 nitrogen and oxygen atoms in total. The molecule has 0 aliphatic heterocycles. The number of hydrogen-bond acceptors (Lipinski definition) is 1. The number of carbonyl (C=O) groups is 1. The minimum Gasteiger partial charge on any atom is -0.276 e. The lowest BCUT2D eigenvalue weighted by Gasteiger charge is -2.11. The summed E-state index contributed by atoms with van der Waals surface area (Å²) in [5.74, 6) is 0. The first-order chi connectivity index (χ1) is 10.2. The van der Waals surface area contributed by atoms with Crippen LogP contribution in [0.3, 0.4) is 0 Å². The third-order valence-electron chi connectivity index (χ3n) is 3.67. The fraction of sp³-hybridized carbons (Fsp3) is 0.278. The van der Waals surface area contributed by atoms with Gasteiger partial charge in [-0.15, -0.1) is 9.24 Å². The molecule has 1 unspecified atom stereocenters. The second-order valence-corrected chi connectivity index (χ2v) is 5.89. The van der Waals surface area contributed by atoms with Gasteiger partial charge in [0.15, 0.2) is 0 Å². The lowest BCUT2D eigenvalue weighted by molar-refractivity contribution is 0.108. The number of rotatable bonds is 6. The van der Waals surface area contributed by atoms with Crippen molar-refractivity contribution in [2.24, 2.45) is 0 Å². The van der Waals surface area contributed by atoms with Gasteiger partial charge in [-0.05, 0) is 65.0 Å². The van der Waals surface area contributed by atoms with Crippen molar-refractivity contribution in [2.75, 3.05) is 0 Å². The molecular weight excluding hydrogens is 299 g/mol. The van der Waals surface area contributed by atoms with Crippen LogP contribution in [0.2, 0.25) is 0 Å². The summed E-state index contributed by atoms with van der Waals surface area (Å²) in [5.41, 5.74) is 5.65. The van der Waals surface area contributed by atoms with E-state index in [9.17, 15) is 4.79 Å². The average Bonchev–Trinajstić information content (AvgIpc) is 2.52. The minimum atomic E-state index is -0.413. The highest BCUT2D eigenvalue weighted by Gasteiger charge is 2.06. The van der Waals surface area contributed by atoms with Gasteiger partial charge in [-0.2, -0.15) is 0 Å². The maximum Gasteiger partial charge on any atom is 0.252 e. The van der Waals surface area contributed by atoms with Crippen molar-refractivity contribution in [3.8, 4) is 11.1 Å². The van der Waals surface area contributed by atoms with E-state index in [1.54, 1.807) is 12.1 Å². The van der Waals surface area contributed by atoms with Crippen molar-refractivity contribution in [3.63, 3.8) is 0 Å². The summed E-state index contributed by atoms with van der Waals surface area (Å²) in [6.07, 6.45) is 4.51. The molecule has 3 heteroatoms. The summed E-state index contributed by atoms with van der Waals surface area (Å²) >= 11 is 5.48. The van der Waals surface area contributed by atoms with Crippen LogP contribution in [0.1, 0.15) is 41.3 Å². The largest absolute Gasteiger partial charge is 0.276 e. The van der Waals surface area contributed by atoms with E-state index in [-0.39, 0.29) is 0 Å². The molecule has 0 saturated heterocycles. The molecule has 1 atom stereocenters. The SMILES string of the molecule is CCCCc1cc(-c2ccc(C(=O)Cl)cc2)ccc1CP. The van der Waals surface area contributed by atoms with Crippen LogP contribution >= 0.6 is 20.8 Å². The first-order valence-electron chi connectivity index (χ1n) is 7.27. The predicted molar refractivity (Wildman–Crippen MR) is 94.1 cm³/mol. The first kappa shape index (κ1) is 16.2. The normalized spacial score (nSPS) is 10.6.